The summed E-state index contributed by atoms with van der Waals surface area (Å²) >= 11 is 7.54. The molecule has 0 saturated heterocycles. The SMILES string of the molecule is Cc1ccc(Cl)cc1-n1c(C)cc(C=C2C(=N)N3C=CSC3=NC2=O)c1C. The molecule has 1 aromatic carbocycles. The average molecular weight is 397 g/mol. The quantitative estimate of drug-likeness (QED) is 0.739. The van der Waals surface area contributed by atoms with Crippen molar-refractivity contribution >= 4 is 46.3 Å². The zero-order chi connectivity index (χ0) is 19.3. The first-order valence-electron chi connectivity index (χ1n) is 8.38. The number of carbonyl (C=O) groups is 1. The van der Waals surface area contributed by atoms with Crippen LogP contribution >= 0.6 is 23.4 Å². The molecule has 136 valence electrons. The van der Waals surface area contributed by atoms with E-state index in [1.807, 2.05) is 50.4 Å². The highest BCUT2D eigenvalue weighted by Gasteiger charge is 2.31. The van der Waals surface area contributed by atoms with Crippen LogP contribution in [0.15, 0.2) is 46.4 Å². The van der Waals surface area contributed by atoms with E-state index < -0.39 is 0 Å². The maximum Gasteiger partial charge on any atom is 0.283 e. The van der Waals surface area contributed by atoms with Crippen molar-refractivity contribution in [2.75, 3.05) is 0 Å². The molecule has 3 heterocycles. The number of amidine groups is 2. The van der Waals surface area contributed by atoms with Crippen LogP contribution in [0.1, 0.15) is 22.5 Å². The minimum atomic E-state index is -0.383. The van der Waals surface area contributed by atoms with Crippen LogP contribution in [0.5, 0.6) is 0 Å². The van der Waals surface area contributed by atoms with E-state index in [9.17, 15) is 4.79 Å². The summed E-state index contributed by atoms with van der Waals surface area (Å²) in [5.74, 6) is -0.235. The van der Waals surface area contributed by atoms with Crippen LogP contribution in [0, 0.1) is 26.2 Å². The Balaban J connectivity index is 1.82. The Morgan fingerprint density at radius 2 is 2.00 bits per heavy atom. The lowest BCUT2D eigenvalue weighted by molar-refractivity contribution is -0.114. The summed E-state index contributed by atoms with van der Waals surface area (Å²) in [4.78, 5) is 18.1. The van der Waals surface area contributed by atoms with Gasteiger partial charge in [-0.2, -0.15) is 4.99 Å². The second kappa shape index (κ2) is 6.55. The highest BCUT2D eigenvalue weighted by atomic mass is 35.5. The molecular weight excluding hydrogens is 380 g/mol. The number of hydrogen-bond donors (Lipinski definition) is 1. The van der Waals surface area contributed by atoms with Gasteiger partial charge in [0, 0.05) is 28.3 Å². The van der Waals surface area contributed by atoms with Gasteiger partial charge in [0.25, 0.3) is 5.91 Å². The van der Waals surface area contributed by atoms with Crippen LogP contribution in [-0.2, 0) is 4.79 Å². The van der Waals surface area contributed by atoms with Gasteiger partial charge in [-0.15, -0.1) is 0 Å². The molecule has 0 spiro atoms. The van der Waals surface area contributed by atoms with Gasteiger partial charge >= 0.3 is 0 Å². The fourth-order valence-electron chi connectivity index (χ4n) is 3.31. The predicted molar refractivity (Wildman–Crippen MR) is 112 cm³/mol. The van der Waals surface area contributed by atoms with Gasteiger partial charge in [0.1, 0.15) is 5.84 Å². The molecule has 0 aliphatic carbocycles. The molecule has 27 heavy (non-hydrogen) atoms. The molecule has 0 saturated carbocycles. The van der Waals surface area contributed by atoms with Gasteiger partial charge in [-0.25, -0.2) is 0 Å². The number of nitrogens with zero attached hydrogens (tertiary/aromatic N) is 3. The normalized spacial score (nSPS) is 17.7. The molecule has 2 aliphatic rings. The number of benzene rings is 1. The second-order valence-electron chi connectivity index (χ2n) is 6.47. The second-order valence-corrected chi connectivity index (χ2v) is 7.78. The first kappa shape index (κ1) is 17.8. The number of amides is 1. The van der Waals surface area contributed by atoms with Crippen LogP contribution in [0.4, 0.5) is 0 Å². The van der Waals surface area contributed by atoms with E-state index in [0.717, 1.165) is 28.2 Å². The molecule has 4 rings (SSSR count). The van der Waals surface area contributed by atoms with Crippen molar-refractivity contribution in [2.45, 2.75) is 20.8 Å². The van der Waals surface area contributed by atoms with Crippen LogP contribution in [-0.4, -0.2) is 26.4 Å². The van der Waals surface area contributed by atoms with Crippen molar-refractivity contribution in [1.82, 2.24) is 9.47 Å². The van der Waals surface area contributed by atoms with Gasteiger partial charge in [-0.05, 0) is 61.6 Å². The Morgan fingerprint density at radius 1 is 1.22 bits per heavy atom. The van der Waals surface area contributed by atoms with Gasteiger partial charge < -0.3 is 4.57 Å². The highest BCUT2D eigenvalue weighted by molar-refractivity contribution is 8.16. The van der Waals surface area contributed by atoms with Crippen molar-refractivity contribution in [3.8, 4) is 5.69 Å². The summed E-state index contributed by atoms with van der Waals surface area (Å²) in [6, 6.07) is 7.81. The Bertz CT molecular complexity index is 1090. The Labute approximate surface area is 166 Å². The predicted octanol–water partition coefficient (Wildman–Crippen LogP) is 4.83. The minimum Gasteiger partial charge on any atom is -0.318 e. The summed E-state index contributed by atoms with van der Waals surface area (Å²) in [5, 5.41) is 11.4. The van der Waals surface area contributed by atoms with Crippen molar-refractivity contribution in [3.63, 3.8) is 0 Å². The maximum atomic E-state index is 12.4. The Morgan fingerprint density at radius 3 is 2.78 bits per heavy atom. The molecule has 0 bridgehead atoms. The molecule has 1 amide bonds. The zero-order valence-corrected chi connectivity index (χ0v) is 16.6. The third kappa shape index (κ3) is 2.95. The van der Waals surface area contributed by atoms with Crippen LogP contribution in [0.2, 0.25) is 5.02 Å². The van der Waals surface area contributed by atoms with Gasteiger partial charge in [0.2, 0.25) is 0 Å². The molecule has 0 radical (unpaired) electrons. The minimum absolute atomic E-state index is 0.148. The number of carbonyl (C=O) groups excluding carboxylic acids is 1. The number of nitrogens with one attached hydrogen (secondary N) is 1. The van der Waals surface area contributed by atoms with E-state index in [-0.39, 0.29) is 17.3 Å². The lowest BCUT2D eigenvalue weighted by Crippen LogP contribution is -2.35. The number of rotatable bonds is 2. The summed E-state index contributed by atoms with van der Waals surface area (Å²) in [5.41, 5.74) is 5.29. The smallest absolute Gasteiger partial charge is 0.283 e. The van der Waals surface area contributed by atoms with Crippen LogP contribution < -0.4 is 0 Å². The summed E-state index contributed by atoms with van der Waals surface area (Å²) in [7, 11) is 0. The summed E-state index contributed by atoms with van der Waals surface area (Å²) < 4.78 is 2.12. The fourth-order valence-corrected chi connectivity index (χ4v) is 4.19. The number of aliphatic imine (C=N–C) groups is 1. The maximum absolute atomic E-state index is 12.4. The molecule has 0 fully saturated rings. The van der Waals surface area contributed by atoms with E-state index in [1.165, 1.54) is 11.8 Å². The van der Waals surface area contributed by atoms with E-state index >= 15 is 0 Å². The van der Waals surface area contributed by atoms with Crippen molar-refractivity contribution in [1.29, 1.82) is 5.41 Å². The van der Waals surface area contributed by atoms with Gasteiger partial charge in [0.15, 0.2) is 5.17 Å². The molecule has 7 heteroatoms. The fraction of sp³-hybridized carbons (Fsp3) is 0.150. The number of halogens is 1. The van der Waals surface area contributed by atoms with Gasteiger partial charge in [-0.1, -0.05) is 29.4 Å². The first-order chi connectivity index (χ1) is 12.9. The molecule has 1 N–H and O–H groups in total. The van der Waals surface area contributed by atoms with Crippen molar-refractivity contribution in [2.24, 2.45) is 4.99 Å². The Kier molecular flexibility index (Phi) is 4.32. The Hall–Kier alpha value is -2.57. The molecular formula is C20H17ClN4OS. The topological polar surface area (TPSA) is 61.5 Å². The summed E-state index contributed by atoms with van der Waals surface area (Å²) in [6.45, 7) is 6.05. The van der Waals surface area contributed by atoms with Gasteiger partial charge in [0.05, 0.1) is 5.57 Å². The zero-order valence-electron chi connectivity index (χ0n) is 15.1. The molecule has 5 nitrogen and oxygen atoms in total. The molecule has 1 aromatic heterocycles. The van der Waals surface area contributed by atoms with Crippen LogP contribution in [0.25, 0.3) is 11.8 Å². The monoisotopic (exact) mass is 396 g/mol. The third-order valence-electron chi connectivity index (χ3n) is 4.70. The first-order valence-corrected chi connectivity index (χ1v) is 9.64. The van der Waals surface area contributed by atoms with E-state index in [4.69, 9.17) is 17.0 Å². The highest BCUT2D eigenvalue weighted by Crippen LogP contribution is 2.30. The lowest BCUT2D eigenvalue weighted by atomic mass is 10.1. The molecule has 2 aliphatic heterocycles. The van der Waals surface area contributed by atoms with E-state index in [2.05, 4.69) is 9.56 Å². The molecule has 2 aromatic rings. The number of thioether (sulfide) groups is 1. The molecule has 0 atom stereocenters. The number of fused-ring (bicyclic) bond motifs is 1. The average Bonchev–Trinajstić information content (AvgIpc) is 3.19. The van der Waals surface area contributed by atoms with Crippen molar-refractivity contribution in [3.05, 3.63) is 69.0 Å². The number of hydrogen-bond acceptors (Lipinski definition) is 3. The summed E-state index contributed by atoms with van der Waals surface area (Å²) in [6.07, 6.45) is 3.51. The standard InChI is InChI=1S/C20H17ClN4OS/c1-11-4-5-15(21)10-17(11)25-12(2)8-14(13(25)3)9-16-18(22)24-6-7-27-20(24)23-19(16)26/h4-10,22H,1-3H3. The third-order valence-corrected chi connectivity index (χ3v) is 5.69. The van der Waals surface area contributed by atoms with Gasteiger partial charge in [-0.3, -0.25) is 15.1 Å². The number of aromatic nitrogens is 1. The lowest BCUT2D eigenvalue weighted by Gasteiger charge is -2.22. The van der Waals surface area contributed by atoms with Crippen molar-refractivity contribution < 1.29 is 4.79 Å². The molecule has 0 unspecified atom stereocenters. The van der Waals surface area contributed by atoms with E-state index in [0.29, 0.717) is 10.2 Å². The van der Waals surface area contributed by atoms with Crippen LogP contribution in [0.3, 0.4) is 0 Å². The van der Waals surface area contributed by atoms with E-state index in [1.54, 1.807) is 17.2 Å². The largest absolute Gasteiger partial charge is 0.318 e. The number of aryl methyl sites for hydroxylation is 2.